The molecule has 2 N–H and O–H groups in total. The van der Waals surface area contributed by atoms with Gasteiger partial charge in [0.05, 0.1) is 18.0 Å². The summed E-state index contributed by atoms with van der Waals surface area (Å²) in [4.78, 5) is 3.94. The van der Waals surface area contributed by atoms with Gasteiger partial charge in [-0.1, -0.05) is 22.0 Å². The van der Waals surface area contributed by atoms with E-state index >= 15 is 0 Å². The lowest BCUT2D eigenvalue weighted by Gasteiger charge is -2.02. The second kappa shape index (κ2) is 3.80. The van der Waals surface area contributed by atoms with E-state index in [1.54, 1.807) is 18.2 Å². The van der Waals surface area contributed by atoms with Crippen molar-refractivity contribution in [2.24, 2.45) is 0 Å². The van der Waals surface area contributed by atoms with Gasteiger partial charge in [-0.3, -0.25) is 4.98 Å². The maximum absolute atomic E-state index is 9.02. The molecule has 1 aromatic rings. The highest BCUT2D eigenvalue weighted by Crippen LogP contribution is 2.16. The van der Waals surface area contributed by atoms with Gasteiger partial charge in [-0.2, -0.15) is 0 Å². The minimum absolute atomic E-state index is 0.104. The van der Waals surface area contributed by atoms with E-state index in [-0.39, 0.29) is 6.61 Å². The number of aliphatic hydroxyl groups excluding tert-OH is 2. The zero-order chi connectivity index (χ0) is 8.27. The van der Waals surface area contributed by atoms with E-state index in [1.165, 1.54) is 0 Å². The highest BCUT2D eigenvalue weighted by molar-refractivity contribution is 9.09. The summed E-state index contributed by atoms with van der Waals surface area (Å²) in [5, 5.41) is 16.9. The molecule has 1 rings (SSSR count). The third kappa shape index (κ3) is 2.25. The Bertz CT molecular complexity index is 240. The summed E-state index contributed by atoms with van der Waals surface area (Å²) < 4.78 is 0. The van der Waals surface area contributed by atoms with Crippen LogP contribution in [-0.2, 0) is 6.61 Å². The number of halogens is 1. The summed E-state index contributed by atoms with van der Waals surface area (Å²) in [6.45, 7) is -0.104. The summed E-state index contributed by atoms with van der Waals surface area (Å²) in [5.41, 5.74) is 1.07. The molecule has 1 heterocycles. The van der Waals surface area contributed by atoms with Crippen LogP contribution in [-0.4, -0.2) is 15.2 Å². The van der Waals surface area contributed by atoms with Crippen molar-refractivity contribution >= 4 is 15.9 Å². The topological polar surface area (TPSA) is 53.4 Å². The molecule has 11 heavy (non-hydrogen) atoms. The Kier molecular flexibility index (Phi) is 2.99. The number of alkyl halides is 1. The average Bonchev–Trinajstić information content (AvgIpc) is 2.05. The highest BCUT2D eigenvalue weighted by Gasteiger charge is 2.03. The SMILES string of the molecule is OCc1cccc(C(O)Br)n1. The first-order chi connectivity index (χ1) is 5.24. The maximum atomic E-state index is 9.02. The Morgan fingerprint density at radius 2 is 2.27 bits per heavy atom. The first kappa shape index (κ1) is 8.64. The van der Waals surface area contributed by atoms with E-state index in [2.05, 4.69) is 20.9 Å². The molecule has 0 aliphatic rings. The standard InChI is InChI=1S/C7H8BrNO2/c8-7(11)6-3-1-2-5(4-10)9-6/h1-3,7,10-11H,4H2. The molecule has 1 aromatic heterocycles. The lowest BCUT2D eigenvalue weighted by molar-refractivity contribution is 0.263. The molecule has 0 spiro atoms. The Morgan fingerprint density at radius 3 is 2.82 bits per heavy atom. The van der Waals surface area contributed by atoms with E-state index in [1.807, 2.05) is 0 Å². The molecular formula is C7H8BrNO2. The fourth-order valence-corrected chi connectivity index (χ4v) is 0.974. The van der Waals surface area contributed by atoms with E-state index < -0.39 is 5.01 Å². The van der Waals surface area contributed by atoms with Crippen molar-refractivity contribution in [2.45, 2.75) is 11.6 Å². The molecule has 0 aliphatic heterocycles. The molecule has 0 aliphatic carbocycles. The largest absolute Gasteiger partial charge is 0.390 e. The predicted octanol–water partition coefficient (Wildman–Crippen LogP) is 0.960. The van der Waals surface area contributed by atoms with E-state index in [9.17, 15) is 0 Å². The Balaban J connectivity index is 2.91. The Morgan fingerprint density at radius 1 is 1.55 bits per heavy atom. The number of hydrogen-bond donors (Lipinski definition) is 2. The summed E-state index contributed by atoms with van der Waals surface area (Å²) >= 11 is 2.96. The zero-order valence-corrected chi connectivity index (χ0v) is 7.32. The summed E-state index contributed by atoms with van der Waals surface area (Å²) in [6, 6.07) is 5.11. The fourth-order valence-electron chi connectivity index (χ4n) is 0.719. The third-order valence-corrected chi connectivity index (χ3v) is 1.70. The first-order valence-electron chi connectivity index (χ1n) is 3.13. The van der Waals surface area contributed by atoms with Crippen LogP contribution >= 0.6 is 15.9 Å². The minimum atomic E-state index is -0.756. The number of aromatic nitrogens is 1. The van der Waals surface area contributed by atoms with Gasteiger partial charge in [0.2, 0.25) is 0 Å². The van der Waals surface area contributed by atoms with Gasteiger partial charge in [-0.25, -0.2) is 0 Å². The lowest BCUT2D eigenvalue weighted by Crippen LogP contribution is -1.96. The van der Waals surface area contributed by atoms with Crippen LogP contribution in [0.1, 0.15) is 16.4 Å². The van der Waals surface area contributed by atoms with Crippen molar-refractivity contribution in [3.05, 3.63) is 29.6 Å². The molecule has 1 atom stereocenters. The van der Waals surface area contributed by atoms with Crippen LogP contribution in [0.25, 0.3) is 0 Å². The zero-order valence-electron chi connectivity index (χ0n) is 5.74. The average molecular weight is 218 g/mol. The van der Waals surface area contributed by atoms with Crippen LogP contribution in [0.5, 0.6) is 0 Å². The molecule has 0 bridgehead atoms. The van der Waals surface area contributed by atoms with E-state index in [0.29, 0.717) is 11.4 Å². The molecule has 0 aromatic carbocycles. The van der Waals surface area contributed by atoms with Gasteiger partial charge < -0.3 is 10.2 Å². The van der Waals surface area contributed by atoms with Crippen LogP contribution in [0.15, 0.2) is 18.2 Å². The summed E-state index contributed by atoms with van der Waals surface area (Å²) in [7, 11) is 0. The van der Waals surface area contributed by atoms with Crippen molar-refractivity contribution < 1.29 is 10.2 Å². The first-order valence-corrected chi connectivity index (χ1v) is 4.04. The molecule has 0 fully saturated rings. The van der Waals surface area contributed by atoms with E-state index in [0.717, 1.165) is 0 Å². The van der Waals surface area contributed by atoms with Crippen molar-refractivity contribution in [1.29, 1.82) is 0 Å². The van der Waals surface area contributed by atoms with Gasteiger partial charge >= 0.3 is 0 Å². The monoisotopic (exact) mass is 217 g/mol. The molecule has 3 nitrogen and oxygen atoms in total. The smallest absolute Gasteiger partial charge is 0.151 e. The van der Waals surface area contributed by atoms with Gasteiger partial charge in [-0.15, -0.1) is 0 Å². The predicted molar refractivity (Wildman–Crippen MR) is 44.0 cm³/mol. The van der Waals surface area contributed by atoms with Gasteiger partial charge in [-0.05, 0) is 12.1 Å². The fraction of sp³-hybridized carbons (Fsp3) is 0.286. The van der Waals surface area contributed by atoms with Gasteiger partial charge in [0.25, 0.3) is 0 Å². The number of nitrogens with zero attached hydrogens (tertiary/aromatic N) is 1. The minimum Gasteiger partial charge on any atom is -0.390 e. The van der Waals surface area contributed by atoms with Crippen molar-refractivity contribution in [3.63, 3.8) is 0 Å². The number of hydrogen-bond acceptors (Lipinski definition) is 3. The lowest BCUT2D eigenvalue weighted by atomic mass is 10.3. The molecule has 0 amide bonds. The van der Waals surface area contributed by atoms with Crippen molar-refractivity contribution in [1.82, 2.24) is 4.98 Å². The maximum Gasteiger partial charge on any atom is 0.151 e. The van der Waals surface area contributed by atoms with Crippen LogP contribution in [0, 0.1) is 0 Å². The Hall–Kier alpha value is -0.450. The molecule has 0 saturated heterocycles. The molecule has 60 valence electrons. The molecule has 0 saturated carbocycles. The molecule has 4 heteroatoms. The third-order valence-electron chi connectivity index (χ3n) is 1.23. The van der Waals surface area contributed by atoms with Crippen LogP contribution in [0.2, 0.25) is 0 Å². The van der Waals surface area contributed by atoms with Crippen molar-refractivity contribution in [3.8, 4) is 0 Å². The highest BCUT2D eigenvalue weighted by atomic mass is 79.9. The molecule has 1 unspecified atom stereocenters. The van der Waals surface area contributed by atoms with Crippen LogP contribution in [0.3, 0.4) is 0 Å². The van der Waals surface area contributed by atoms with Crippen LogP contribution < -0.4 is 0 Å². The summed E-state index contributed by atoms with van der Waals surface area (Å²) in [5.74, 6) is 0. The number of pyridine rings is 1. The van der Waals surface area contributed by atoms with Gasteiger partial charge in [0.15, 0.2) is 5.01 Å². The van der Waals surface area contributed by atoms with Crippen molar-refractivity contribution in [2.75, 3.05) is 0 Å². The second-order valence-corrected chi connectivity index (χ2v) is 2.92. The molecule has 0 radical (unpaired) electrons. The second-order valence-electron chi connectivity index (χ2n) is 2.05. The van der Waals surface area contributed by atoms with Gasteiger partial charge in [0.1, 0.15) is 0 Å². The van der Waals surface area contributed by atoms with Gasteiger partial charge in [0, 0.05) is 0 Å². The Labute approximate surface area is 72.8 Å². The quantitative estimate of drug-likeness (QED) is 0.727. The van der Waals surface area contributed by atoms with Crippen LogP contribution in [0.4, 0.5) is 0 Å². The van der Waals surface area contributed by atoms with E-state index in [4.69, 9.17) is 10.2 Å². The normalized spacial score (nSPS) is 13.0. The number of rotatable bonds is 2. The number of aliphatic hydroxyl groups is 2. The summed E-state index contributed by atoms with van der Waals surface area (Å²) in [6.07, 6.45) is 0. The molecular weight excluding hydrogens is 210 g/mol.